The number of nitrogens with one attached hydrogen (secondary N) is 2. The number of pyridine rings is 1. The summed E-state index contributed by atoms with van der Waals surface area (Å²) >= 11 is 6.07. The van der Waals surface area contributed by atoms with Crippen LogP contribution >= 0.6 is 11.6 Å². The Morgan fingerprint density at radius 1 is 1.26 bits per heavy atom. The van der Waals surface area contributed by atoms with Crippen molar-refractivity contribution in [1.82, 2.24) is 15.2 Å². The molecule has 2 aromatic carbocycles. The van der Waals surface area contributed by atoms with Crippen molar-refractivity contribution < 1.29 is 23.1 Å². The summed E-state index contributed by atoms with van der Waals surface area (Å²) < 4.78 is 29.7. The third-order valence-corrected chi connectivity index (χ3v) is 7.83. The number of carbonyl (C=O) groups is 1. The molecule has 3 aromatic rings. The number of nitrogens with zero attached hydrogens (tertiary/aromatic N) is 2. The fourth-order valence-corrected chi connectivity index (χ4v) is 5.25. The van der Waals surface area contributed by atoms with Crippen molar-refractivity contribution in [3.8, 4) is 11.8 Å². The molecule has 0 aliphatic carbocycles. The van der Waals surface area contributed by atoms with Crippen LogP contribution in [-0.2, 0) is 9.84 Å². The molecular weight excluding hydrogens is 532 g/mol. The molecule has 200 valence electrons. The molecule has 4 rings (SSSR count). The van der Waals surface area contributed by atoms with E-state index in [4.69, 9.17) is 21.6 Å². The van der Waals surface area contributed by atoms with Gasteiger partial charge in [0, 0.05) is 55.5 Å². The molecule has 1 fully saturated rings. The molecule has 3 N–H and O–H groups in total. The number of nitriles is 1. The van der Waals surface area contributed by atoms with Crippen LogP contribution in [0.25, 0.3) is 10.8 Å². The number of amides is 1. The Morgan fingerprint density at radius 3 is 2.66 bits per heavy atom. The number of likely N-dealkylation sites (tertiary alicyclic amines) is 1. The summed E-state index contributed by atoms with van der Waals surface area (Å²) in [7, 11) is -3.52. The molecule has 1 saturated heterocycles. The van der Waals surface area contributed by atoms with Gasteiger partial charge in [0.05, 0.1) is 27.1 Å². The van der Waals surface area contributed by atoms with Crippen LogP contribution in [0.4, 0.5) is 0 Å². The van der Waals surface area contributed by atoms with Gasteiger partial charge in [-0.1, -0.05) is 17.7 Å². The number of hydrogen-bond donors (Lipinski definition) is 3. The largest absolute Gasteiger partial charge is 0.490 e. The number of aromatic amines is 1. The minimum absolute atomic E-state index is 0.00104. The van der Waals surface area contributed by atoms with Gasteiger partial charge in [0.1, 0.15) is 17.9 Å². The fourth-order valence-electron chi connectivity index (χ4n) is 4.39. The van der Waals surface area contributed by atoms with Crippen molar-refractivity contribution in [2.45, 2.75) is 29.9 Å². The normalized spacial score (nSPS) is 15.6. The number of rotatable bonds is 8. The minimum atomic E-state index is -3.52. The molecule has 0 bridgehead atoms. The van der Waals surface area contributed by atoms with Crippen LogP contribution in [0.3, 0.4) is 0 Å². The van der Waals surface area contributed by atoms with Crippen molar-refractivity contribution >= 4 is 38.1 Å². The van der Waals surface area contributed by atoms with Crippen molar-refractivity contribution in [2.75, 3.05) is 32.4 Å². The minimum Gasteiger partial charge on any atom is -0.490 e. The number of halogens is 1. The first-order valence-electron chi connectivity index (χ1n) is 12.0. The molecule has 1 amide bonds. The fraction of sp³-hybridized carbons (Fsp3) is 0.346. The van der Waals surface area contributed by atoms with Crippen LogP contribution in [0.1, 0.15) is 28.8 Å². The molecule has 10 nitrogen and oxygen atoms in total. The van der Waals surface area contributed by atoms with Crippen molar-refractivity contribution in [1.29, 1.82) is 5.26 Å². The lowest BCUT2D eigenvalue weighted by Crippen LogP contribution is -2.45. The van der Waals surface area contributed by atoms with Crippen LogP contribution in [0.5, 0.6) is 5.75 Å². The number of carbonyl (C=O) groups excluding carboxylic acids is 1. The molecule has 38 heavy (non-hydrogen) atoms. The predicted octanol–water partition coefficient (Wildman–Crippen LogP) is 2.09. The highest BCUT2D eigenvalue weighted by molar-refractivity contribution is 7.90. The van der Waals surface area contributed by atoms with Gasteiger partial charge in [-0.2, -0.15) is 5.26 Å². The van der Waals surface area contributed by atoms with E-state index in [0.29, 0.717) is 41.4 Å². The SMILES string of the molecule is CS(=O)(=O)c1ccc2c(C(=O)NCC(O)CN3CCC(Oc4ccc(C#N)c(Cl)c4)CC3)c[nH]c(=O)c2c1. The molecule has 1 atom stereocenters. The van der Waals surface area contributed by atoms with E-state index in [1.54, 1.807) is 18.2 Å². The highest BCUT2D eigenvalue weighted by Gasteiger charge is 2.23. The number of fused-ring (bicyclic) bond motifs is 1. The number of ether oxygens (including phenoxy) is 1. The summed E-state index contributed by atoms with van der Waals surface area (Å²) in [4.78, 5) is 29.6. The summed E-state index contributed by atoms with van der Waals surface area (Å²) in [5, 5.41) is 22.9. The second kappa shape index (κ2) is 11.5. The number of aliphatic hydroxyl groups is 1. The van der Waals surface area contributed by atoms with E-state index in [2.05, 4.69) is 15.2 Å². The Morgan fingerprint density at radius 2 is 2.00 bits per heavy atom. The zero-order chi connectivity index (χ0) is 27.4. The van der Waals surface area contributed by atoms with Crippen LogP contribution < -0.4 is 15.6 Å². The molecule has 2 heterocycles. The van der Waals surface area contributed by atoms with E-state index in [0.717, 1.165) is 19.1 Å². The average molecular weight is 559 g/mol. The maximum Gasteiger partial charge on any atom is 0.255 e. The van der Waals surface area contributed by atoms with Crippen molar-refractivity contribution in [2.24, 2.45) is 0 Å². The van der Waals surface area contributed by atoms with Gasteiger partial charge in [-0.15, -0.1) is 0 Å². The van der Waals surface area contributed by atoms with E-state index in [9.17, 15) is 23.1 Å². The zero-order valence-corrected chi connectivity index (χ0v) is 22.2. The lowest BCUT2D eigenvalue weighted by molar-refractivity contribution is 0.0594. The monoisotopic (exact) mass is 558 g/mol. The first kappa shape index (κ1) is 27.6. The maximum atomic E-state index is 12.8. The van der Waals surface area contributed by atoms with Gasteiger partial charge >= 0.3 is 0 Å². The summed E-state index contributed by atoms with van der Waals surface area (Å²) in [6.07, 6.45) is 2.98. The van der Waals surface area contributed by atoms with E-state index in [1.807, 2.05) is 6.07 Å². The molecular formula is C26H27ClN4O6S. The maximum absolute atomic E-state index is 12.8. The summed E-state index contributed by atoms with van der Waals surface area (Å²) in [5.41, 5.74) is 0.0641. The number of H-pyrrole nitrogens is 1. The Kier molecular flexibility index (Phi) is 8.38. The number of β-amino-alcohol motifs (C(OH)–C–C–N with tert-alkyl or cyclic N) is 1. The second-order valence-electron chi connectivity index (χ2n) is 9.25. The quantitative estimate of drug-likeness (QED) is 0.380. The zero-order valence-electron chi connectivity index (χ0n) is 20.6. The first-order chi connectivity index (χ1) is 18.0. The van der Waals surface area contributed by atoms with Gasteiger partial charge in [-0.05, 0) is 37.1 Å². The molecule has 1 unspecified atom stereocenters. The number of hydrogen-bond acceptors (Lipinski definition) is 8. The summed E-state index contributed by atoms with van der Waals surface area (Å²) in [6.45, 7) is 1.76. The molecule has 1 aliphatic heterocycles. The summed E-state index contributed by atoms with van der Waals surface area (Å²) in [5.74, 6) is 0.114. The highest BCUT2D eigenvalue weighted by Crippen LogP contribution is 2.25. The van der Waals surface area contributed by atoms with Crippen LogP contribution in [-0.4, -0.2) is 74.0 Å². The van der Waals surface area contributed by atoms with Crippen molar-refractivity contribution in [3.05, 3.63) is 69.1 Å². The van der Waals surface area contributed by atoms with Crippen LogP contribution in [0.15, 0.2) is 52.3 Å². The number of benzene rings is 2. The molecule has 1 aliphatic rings. The lowest BCUT2D eigenvalue weighted by atomic mass is 10.1. The average Bonchev–Trinajstić information content (AvgIpc) is 2.88. The van der Waals surface area contributed by atoms with E-state index in [1.165, 1.54) is 24.4 Å². The first-order valence-corrected chi connectivity index (χ1v) is 14.2. The van der Waals surface area contributed by atoms with Crippen LogP contribution in [0.2, 0.25) is 5.02 Å². The number of piperidine rings is 1. The predicted molar refractivity (Wildman–Crippen MR) is 142 cm³/mol. The van der Waals surface area contributed by atoms with Gasteiger partial charge in [-0.3, -0.25) is 9.59 Å². The Balaban J connectivity index is 1.29. The van der Waals surface area contributed by atoms with Gasteiger partial charge in [0.15, 0.2) is 9.84 Å². The number of aromatic nitrogens is 1. The molecule has 12 heteroatoms. The Bertz CT molecular complexity index is 1560. The lowest BCUT2D eigenvalue weighted by Gasteiger charge is -2.33. The second-order valence-corrected chi connectivity index (χ2v) is 11.7. The van der Waals surface area contributed by atoms with Gasteiger partial charge in [-0.25, -0.2) is 8.42 Å². The number of aliphatic hydroxyl groups excluding tert-OH is 1. The van der Waals surface area contributed by atoms with Crippen LogP contribution in [0, 0.1) is 11.3 Å². The number of sulfone groups is 1. The molecule has 0 saturated carbocycles. The standard InChI is InChI=1S/C26H27ClN4O6S/c1-38(35,36)20-4-5-21-22(11-20)25(33)30-14-23(21)26(34)29-13-17(32)15-31-8-6-18(7-9-31)37-19-3-2-16(12-28)24(27)10-19/h2-5,10-11,14,17-18,32H,6-9,13,15H2,1H3,(H,29,34)(H,30,33). The van der Waals surface area contributed by atoms with E-state index in [-0.39, 0.29) is 28.5 Å². The third-order valence-electron chi connectivity index (χ3n) is 6.41. The van der Waals surface area contributed by atoms with Gasteiger partial charge in [0.25, 0.3) is 11.5 Å². The highest BCUT2D eigenvalue weighted by atomic mass is 35.5. The Hall–Kier alpha value is -3.43. The van der Waals surface area contributed by atoms with Gasteiger partial charge < -0.3 is 25.0 Å². The van der Waals surface area contributed by atoms with Crippen molar-refractivity contribution in [3.63, 3.8) is 0 Å². The van der Waals surface area contributed by atoms with E-state index < -0.39 is 27.4 Å². The third kappa shape index (κ3) is 6.52. The molecule has 0 spiro atoms. The van der Waals surface area contributed by atoms with Gasteiger partial charge in [0.2, 0.25) is 0 Å². The molecule has 1 aromatic heterocycles. The Labute approximate surface area is 224 Å². The smallest absolute Gasteiger partial charge is 0.255 e. The van der Waals surface area contributed by atoms with E-state index >= 15 is 0 Å². The molecule has 0 radical (unpaired) electrons. The summed E-state index contributed by atoms with van der Waals surface area (Å²) in [6, 6.07) is 11.0. The topological polar surface area (TPSA) is 153 Å².